The monoisotopic (exact) mass is 401 g/mol. The second-order valence-corrected chi connectivity index (χ2v) is 7.63. The Labute approximate surface area is 176 Å². The molecular weight excluding hydrogens is 378 g/mol. The molecule has 1 aliphatic heterocycles. The smallest absolute Gasteiger partial charge is 0.242 e. The van der Waals surface area contributed by atoms with E-state index in [4.69, 9.17) is 12.2 Å². The summed E-state index contributed by atoms with van der Waals surface area (Å²) in [5.41, 5.74) is 6.29. The van der Waals surface area contributed by atoms with Gasteiger partial charge in [-0.05, 0) is 49.7 Å². The molecule has 4 nitrogen and oxygen atoms in total. The second-order valence-electron chi connectivity index (χ2n) is 7.25. The van der Waals surface area contributed by atoms with E-state index in [1.165, 1.54) is 11.1 Å². The van der Waals surface area contributed by atoms with Gasteiger partial charge in [0.1, 0.15) is 11.7 Å². The lowest BCUT2D eigenvalue weighted by atomic mass is 10.1. The van der Waals surface area contributed by atoms with Crippen molar-refractivity contribution in [2.45, 2.75) is 20.8 Å². The number of amides is 1. The van der Waals surface area contributed by atoms with Gasteiger partial charge in [0.05, 0.1) is 11.4 Å². The van der Waals surface area contributed by atoms with Crippen LogP contribution in [0.5, 0.6) is 0 Å². The van der Waals surface area contributed by atoms with Gasteiger partial charge in [0.25, 0.3) is 0 Å². The van der Waals surface area contributed by atoms with Gasteiger partial charge in [0.2, 0.25) is 5.91 Å². The summed E-state index contributed by atoms with van der Waals surface area (Å²) in [6, 6.07) is 24.2. The molecule has 0 bridgehead atoms. The van der Waals surface area contributed by atoms with E-state index in [1.54, 1.807) is 11.9 Å². The van der Waals surface area contributed by atoms with E-state index in [-0.39, 0.29) is 5.91 Å². The number of carbonyl (C=O) groups excluding carboxylic acids is 1. The number of para-hydroxylation sites is 2. The van der Waals surface area contributed by atoms with Crippen molar-refractivity contribution in [1.29, 1.82) is 0 Å². The fraction of sp³-hybridized carbons (Fsp3) is 0.167. The fourth-order valence-corrected chi connectivity index (χ4v) is 4.14. The molecule has 0 spiro atoms. The number of thiocarbonyl (C=S) groups is 1. The molecule has 146 valence electrons. The van der Waals surface area contributed by atoms with Gasteiger partial charge in [-0.2, -0.15) is 0 Å². The maximum absolute atomic E-state index is 12.7. The quantitative estimate of drug-likeness (QED) is 0.552. The van der Waals surface area contributed by atoms with Crippen molar-refractivity contribution in [1.82, 2.24) is 5.01 Å². The molecule has 3 aromatic rings. The third-order valence-electron chi connectivity index (χ3n) is 5.12. The van der Waals surface area contributed by atoms with Crippen molar-refractivity contribution in [2.75, 3.05) is 16.6 Å². The number of aryl methyl sites for hydroxylation is 2. The molecule has 0 radical (unpaired) electrons. The van der Waals surface area contributed by atoms with Gasteiger partial charge in [-0.15, -0.1) is 0 Å². The van der Waals surface area contributed by atoms with Crippen molar-refractivity contribution in [3.05, 3.63) is 89.5 Å². The molecule has 0 saturated heterocycles. The summed E-state index contributed by atoms with van der Waals surface area (Å²) in [5, 5.41) is 3.55. The number of hydrogen-bond acceptors (Lipinski definition) is 3. The average molecular weight is 402 g/mol. The SMILES string of the molecule is CC(=O)N(c1ccccc1)N1CN(c2ccc(C)cc2C)c2ccccc2C1=S. The van der Waals surface area contributed by atoms with Crippen LogP contribution in [0.15, 0.2) is 72.8 Å². The van der Waals surface area contributed by atoms with Crippen LogP contribution in [0, 0.1) is 13.8 Å². The fourth-order valence-electron chi connectivity index (χ4n) is 3.83. The third kappa shape index (κ3) is 3.49. The van der Waals surface area contributed by atoms with E-state index in [1.807, 2.05) is 53.5 Å². The van der Waals surface area contributed by atoms with Gasteiger partial charge in [-0.25, -0.2) is 10.0 Å². The first-order valence-corrected chi connectivity index (χ1v) is 9.99. The Bertz CT molecular complexity index is 1080. The minimum Gasteiger partial charge on any atom is -0.320 e. The Hall–Kier alpha value is -3.18. The maximum Gasteiger partial charge on any atom is 0.242 e. The number of nitrogens with zero attached hydrogens (tertiary/aromatic N) is 3. The van der Waals surface area contributed by atoms with E-state index < -0.39 is 0 Å². The summed E-state index contributed by atoms with van der Waals surface area (Å²) in [6.07, 6.45) is 0. The molecule has 5 heteroatoms. The highest BCUT2D eigenvalue weighted by atomic mass is 32.1. The molecule has 0 atom stereocenters. The predicted octanol–water partition coefficient (Wildman–Crippen LogP) is 5.36. The lowest BCUT2D eigenvalue weighted by Crippen LogP contribution is -2.55. The minimum absolute atomic E-state index is 0.0847. The Kier molecular flexibility index (Phi) is 5.07. The molecule has 1 aliphatic rings. The van der Waals surface area contributed by atoms with Gasteiger partial charge in [0.15, 0.2) is 0 Å². The van der Waals surface area contributed by atoms with E-state index in [0.717, 1.165) is 22.6 Å². The molecule has 0 aromatic heterocycles. The Morgan fingerprint density at radius 2 is 1.62 bits per heavy atom. The highest BCUT2D eigenvalue weighted by Gasteiger charge is 2.33. The number of rotatable bonds is 3. The number of hydrazine groups is 1. The van der Waals surface area contributed by atoms with E-state index in [2.05, 4.69) is 43.0 Å². The molecule has 0 N–H and O–H groups in total. The van der Waals surface area contributed by atoms with Crippen LogP contribution in [0.4, 0.5) is 17.1 Å². The normalized spacial score (nSPS) is 13.3. The van der Waals surface area contributed by atoms with Crippen molar-refractivity contribution in [3.63, 3.8) is 0 Å². The number of fused-ring (bicyclic) bond motifs is 1. The topological polar surface area (TPSA) is 26.8 Å². The third-order valence-corrected chi connectivity index (χ3v) is 5.55. The molecule has 3 aromatic carbocycles. The van der Waals surface area contributed by atoms with Crippen LogP contribution in [0.3, 0.4) is 0 Å². The number of carbonyl (C=O) groups is 1. The summed E-state index contributed by atoms with van der Waals surface area (Å²) in [7, 11) is 0. The first-order chi connectivity index (χ1) is 14.0. The zero-order chi connectivity index (χ0) is 20.5. The number of benzene rings is 3. The Morgan fingerprint density at radius 3 is 2.31 bits per heavy atom. The molecular formula is C24H23N3OS. The van der Waals surface area contributed by atoms with E-state index >= 15 is 0 Å². The maximum atomic E-state index is 12.7. The summed E-state index contributed by atoms with van der Waals surface area (Å²) in [6.45, 7) is 6.23. The Morgan fingerprint density at radius 1 is 0.931 bits per heavy atom. The van der Waals surface area contributed by atoms with Gasteiger partial charge >= 0.3 is 0 Å². The second kappa shape index (κ2) is 7.68. The van der Waals surface area contributed by atoms with Crippen LogP contribution in [0.2, 0.25) is 0 Å². The molecule has 0 fully saturated rings. The van der Waals surface area contributed by atoms with E-state index in [9.17, 15) is 4.79 Å². The number of anilines is 3. The average Bonchev–Trinajstić information content (AvgIpc) is 2.71. The first-order valence-electron chi connectivity index (χ1n) is 9.58. The lowest BCUT2D eigenvalue weighted by Gasteiger charge is -2.44. The van der Waals surface area contributed by atoms with Crippen LogP contribution in [-0.2, 0) is 4.79 Å². The van der Waals surface area contributed by atoms with Crippen molar-refractivity contribution >= 4 is 40.2 Å². The van der Waals surface area contributed by atoms with Crippen LogP contribution in [0.1, 0.15) is 23.6 Å². The van der Waals surface area contributed by atoms with Gasteiger partial charge in [-0.3, -0.25) is 4.79 Å². The summed E-state index contributed by atoms with van der Waals surface area (Å²) in [4.78, 5) is 15.5. The standard InChI is InChI=1S/C24H23N3OS/c1-17-13-14-22(18(2)15-17)25-16-26(24(29)21-11-7-8-12-23(21)25)27(19(3)28)20-9-5-4-6-10-20/h4-15H,16H2,1-3H3. The molecule has 0 saturated carbocycles. The van der Waals surface area contributed by atoms with Gasteiger partial charge in [-0.1, -0.05) is 60.2 Å². The van der Waals surface area contributed by atoms with Crippen LogP contribution in [-0.4, -0.2) is 22.6 Å². The summed E-state index contributed by atoms with van der Waals surface area (Å²) >= 11 is 5.84. The van der Waals surface area contributed by atoms with Gasteiger partial charge in [0, 0.05) is 18.2 Å². The molecule has 1 heterocycles. The Balaban J connectivity index is 1.85. The molecule has 0 aliphatic carbocycles. The minimum atomic E-state index is -0.0847. The molecule has 0 unspecified atom stereocenters. The number of hydrogen-bond donors (Lipinski definition) is 0. The molecule has 1 amide bonds. The van der Waals surface area contributed by atoms with E-state index in [0.29, 0.717) is 11.7 Å². The summed E-state index contributed by atoms with van der Waals surface area (Å²) < 4.78 is 0. The van der Waals surface area contributed by atoms with Crippen molar-refractivity contribution < 1.29 is 4.79 Å². The molecule has 29 heavy (non-hydrogen) atoms. The van der Waals surface area contributed by atoms with Crippen molar-refractivity contribution in [2.24, 2.45) is 0 Å². The van der Waals surface area contributed by atoms with Crippen LogP contribution >= 0.6 is 12.2 Å². The largest absolute Gasteiger partial charge is 0.320 e. The zero-order valence-electron chi connectivity index (χ0n) is 16.8. The highest BCUT2D eigenvalue weighted by molar-refractivity contribution is 7.80. The summed E-state index contributed by atoms with van der Waals surface area (Å²) in [5.74, 6) is -0.0847. The van der Waals surface area contributed by atoms with Crippen LogP contribution < -0.4 is 9.91 Å². The predicted molar refractivity (Wildman–Crippen MR) is 123 cm³/mol. The van der Waals surface area contributed by atoms with Gasteiger partial charge < -0.3 is 4.90 Å². The zero-order valence-corrected chi connectivity index (χ0v) is 17.6. The van der Waals surface area contributed by atoms with Crippen molar-refractivity contribution in [3.8, 4) is 0 Å². The highest BCUT2D eigenvalue weighted by Crippen LogP contribution is 2.37. The first kappa shape index (κ1) is 19.2. The lowest BCUT2D eigenvalue weighted by molar-refractivity contribution is -0.118. The molecule has 4 rings (SSSR count). The van der Waals surface area contributed by atoms with Crippen LogP contribution in [0.25, 0.3) is 0 Å².